The molecule has 0 radical (unpaired) electrons. The van der Waals surface area contributed by atoms with Crippen LogP contribution in [0.1, 0.15) is 24.8 Å². The van der Waals surface area contributed by atoms with E-state index in [1.165, 1.54) is 11.0 Å². The van der Waals surface area contributed by atoms with Crippen molar-refractivity contribution in [2.45, 2.75) is 26.2 Å². The molecule has 6 heteroatoms. The molecule has 0 atom stereocenters. The van der Waals surface area contributed by atoms with Gasteiger partial charge in [-0.15, -0.1) is 0 Å². The average molecular weight is 333 g/mol. The molecule has 0 aliphatic rings. The summed E-state index contributed by atoms with van der Waals surface area (Å²) in [6.45, 7) is 2.71. The molecule has 1 aromatic carbocycles. The van der Waals surface area contributed by atoms with E-state index in [1.807, 2.05) is 13.0 Å². The molecule has 1 aromatic heterocycles. The minimum Gasteiger partial charge on any atom is -0.494 e. The summed E-state index contributed by atoms with van der Waals surface area (Å²) in [5.74, 6) is 0.739. The first-order valence-electron chi connectivity index (χ1n) is 8.03. The number of hydrogen-bond acceptors (Lipinski definition) is 5. The fourth-order valence-electron chi connectivity index (χ4n) is 2.42. The zero-order valence-corrected chi connectivity index (χ0v) is 14.1. The van der Waals surface area contributed by atoms with Crippen molar-refractivity contribution >= 4 is 16.9 Å². The van der Waals surface area contributed by atoms with Crippen molar-refractivity contribution < 1.29 is 19.1 Å². The number of aliphatic hydroxyl groups is 1. The molecule has 2 rings (SSSR count). The number of carbonyl (C=O) groups is 1. The highest BCUT2D eigenvalue weighted by Crippen LogP contribution is 2.22. The Bertz CT molecular complexity index is 753. The first-order chi connectivity index (χ1) is 11.5. The van der Waals surface area contributed by atoms with Crippen molar-refractivity contribution in [3.63, 3.8) is 0 Å². The molecule has 0 aliphatic heterocycles. The summed E-state index contributed by atoms with van der Waals surface area (Å²) in [6, 6.07) is 6.81. The van der Waals surface area contributed by atoms with Gasteiger partial charge in [0.2, 0.25) is 5.91 Å². The number of amides is 1. The number of ether oxygens (including phenoxy) is 1. The van der Waals surface area contributed by atoms with Crippen molar-refractivity contribution in [2.75, 3.05) is 26.8 Å². The molecule has 130 valence electrons. The van der Waals surface area contributed by atoms with Crippen LogP contribution in [-0.2, 0) is 4.79 Å². The predicted molar refractivity (Wildman–Crippen MR) is 91.3 cm³/mol. The van der Waals surface area contributed by atoms with Crippen LogP contribution in [0.3, 0.4) is 0 Å². The van der Waals surface area contributed by atoms with Gasteiger partial charge in [0.15, 0.2) is 0 Å². The van der Waals surface area contributed by atoms with Gasteiger partial charge in [-0.1, -0.05) is 0 Å². The summed E-state index contributed by atoms with van der Waals surface area (Å²) >= 11 is 0. The van der Waals surface area contributed by atoms with E-state index in [0.717, 1.165) is 23.8 Å². The Kier molecular flexibility index (Phi) is 6.37. The minimum atomic E-state index is -0.357. The Morgan fingerprint density at radius 2 is 2.08 bits per heavy atom. The first-order valence-corrected chi connectivity index (χ1v) is 8.03. The molecular weight excluding hydrogens is 310 g/mol. The lowest BCUT2D eigenvalue weighted by atomic mass is 10.1. The molecule has 1 N–H and O–H groups in total. The third kappa shape index (κ3) is 4.83. The Morgan fingerprint density at radius 1 is 1.29 bits per heavy atom. The summed E-state index contributed by atoms with van der Waals surface area (Å²) in [7, 11) is 1.69. The van der Waals surface area contributed by atoms with Crippen molar-refractivity contribution in [1.82, 2.24) is 4.90 Å². The number of hydrogen-bond donors (Lipinski definition) is 1. The maximum absolute atomic E-state index is 11.7. The number of unbranched alkanes of at least 4 members (excludes halogenated alkanes) is 1. The van der Waals surface area contributed by atoms with Crippen LogP contribution in [-0.4, -0.2) is 42.7 Å². The molecule has 2 aromatic rings. The summed E-state index contributed by atoms with van der Waals surface area (Å²) in [5, 5.41) is 9.65. The van der Waals surface area contributed by atoms with E-state index in [2.05, 4.69) is 0 Å². The largest absolute Gasteiger partial charge is 0.494 e. The maximum Gasteiger partial charge on any atom is 0.336 e. The number of rotatable bonds is 8. The third-order valence-corrected chi connectivity index (χ3v) is 3.84. The number of nitrogens with zero attached hydrogens (tertiary/aromatic N) is 1. The van der Waals surface area contributed by atoms with E-state index in [0.29, 0.717) is 30.9 Å². The number of aryl methyl sites for hydroxylation is 1. The zero-order chi connectivity index (χ0) is 17.5. The third-order valence-electron chi connectivity index (χ3n) is 3.84. The number of fused-ring (bicyclic) bond motifs is 1. The monoisotopic (exact) mass is 333 g/mol. The molecule has 1 heterocycles. The highest BCUT2D eigenvalue weighted by atomic mass is 16.5. The van der Waals surface area contributed by atoms with Gasteiger partial charge in [0.05, 0.1) is 13.2 Å². The van der Waals surface area contributed by atoms with Crippen LogP contribution in [0.5, 0.6) is 5.75 Å². The second-order valence-electron chi connectivity index (χ2n) is 5.75. The number of likely N-dealkylation sites (N-methyl/N-ethyl adjacent to an activating group) is 1. The highest BCUT2D eigenvalue weighted by molar-refractivity contribution is 5.81. The Morgan fingerprint density at radius 3 is 2.83 bits per heavy atom. The van der Waals surface area contributed by atoms with Crippen LogP contribution < -0.4 is 10.4 Å². The second kappa shape index (κ2) is 8.49. The molecule has 0 saturated carbocycles. The average Bonchev–Trinajstić information content (AvgIpc) is 2.54. The lowest BCUT2D eigenvalue weighted by molar-refractivity contribution is -0.130. The SMILES string of the molecule is Cc1cc(=O)oc2ccc(OCCCCC(=O)N(C)CCO)cc12. The highest BCUT2D eigenvalue weighted by Gasteiger charge is 2.07. The van der Waals surface area contributed by atoms with E-state index in [4.69, 9.17) is 14.3 Å². The lowest BCUT2D eigenvalue weighted by Crippen LogP contribution is -2.29. The molecule has 0 aliphatic carbocycles. The number of benzene rings is 1. The van der Waals surface area contributed by atoms with Gasteiger partial charge in [0.25, 0.3) is 0 Å². The summed E-state index contributed by atoms with van der Waals surface area (Å²) in [5.41, 5.74) is 1.04. The number of aliphatic hydroxyl groups excluding tert-OH is 1. The molecule has 0 spiro atoms. The molecule has 0 bridgehead atoms. The predicted octanol–water partition coefficient (Wildman–Crippen LogP) is 2.10. The van der Waals surface area contributed by atoms with E-state index >= 15 is 0 Å². The summed E-state index contributed by atoms with van der Waals surface area (Å²) in [6.07, 6.45) is 1.94. The normalized spacial score (nSPS) is 10.8. The topological polar surface area (TPSA) is 80.0 Å². The molecule has 0 unspecified atom stereocenters. The van der Waals surface area contributed by atoms with Crippen LogP contribution in [0.15, 0.2) is 33.5 Å². The van der Waals surface area contributed by atoms with E-state index < -0.39 is 0 Å². The van der Waals surface area contributed by atoms with Crippen molar-refractivity contribution in [1.29, 1.82) is 0 Å². The Hall–Kier alpha value is -2.34. The van der Waals surface area contributed by atoms with Gasteiger partial charge in [0, 0.05) is 31.5 Å². The Labute approximate surface area is 140 Å². The van der Waals surface area contributed by atoms with Gasteiger partial charge in [-0.05, 0) is 43.5 Å². The van der Waals surface area contributed by atoms with Gasteiger partial charge in [-0.3, -0.25) is 4.79 Å². The van der Waals surface area contributed by atoms with Crippen LogP contribution >= 0.6 is 0 Å². The van der Waals surface area contributed by atoms with Gasteiger partial charge in [0.1, 0.15) is 11.3 Å². The molecule has 6 nitrogen and oxygen atoms in total. The van der Waals surface area contributed by atoms with Crippen molar-refractivity contribution in [2.24, 2.45) is 0 Å². The van der Waals surface area contributed by atoms with Gasteiger partial charge in [-0.2, -0.15) is 0 Å². The smallest absolute Gasteiger partial charge is 0.336 e. The molecule has 1 amide bonds. The van der Waals surface area contributed by atoms with Crippen LogP contribution in [0.25, 0.3) is 11.0 Å². The maximum atomic E-state index is 11.7. The molecule has 24 heavy (non-hydrogen) atoms. The first kappa shape index (κ1) is 18.0. The van der Waals surface area contributed by atoms with E-state index in [9.17, 15) is 9.59 Å². The standard InChI is InChI=1S/C18H23NO5/c1-13-11-18(22)24-16-7-6-14(12-15(13)16)23-10-4-3-5-17(21)19(2)8-9-20/h6-7,11-12,20H,3-5,8-10H2,1-2H3. The van der Waals surface area contributed by atoms with Gasteiger partial charge >= 0.3 is 5.63 Å². The minimum absolute atomic E-state index is 0.0210. The van der Waals surface area contributed by atoms with Gasteiger partial charge in [-0.25, -0.2) is 4.79 Å². The Balaban J connectivity index is 1.82. The summed E-state index contributed by atoms with van der Waals surface area (Å²) < 4.78 is 10.8. The quantitative estimate of drug-likeness (QED) is 0.591. The summed E-state index contributed by atoms with van der Waals surface area (Å²) in [4.78, 5) is 24.6. The zero-order valence-electron chi connectivity index (χ0n) is 14.1. The second-order valence-corrected chi connectivity index (χ2v) is 5.75. The fraction of sp³-hybridized carbons (Fsp3) is 0.444. The van der Waals surface area contributed by atoms with Crippen molar-refractivity contribution in [3.05, 3.63) is 40.2 Å². The molecule has 0 fully saturated rings. The lowest BCUT2D eigenvalue weighted by Gasteiger charge is -2.15. The van der Waals surface area contributed by atoms with E-state index in [-0.39, 0.29) is 18.1 Å². The molecular formula is C18H23NO5. The van der Waals surface area contributed by atoms with Crippen LogP contribution in [0, 0.1) is 6.92 Å². The van der Waals surface area contributed by atoms with E-state index in [1.54, 1.807) is 19.2 Å². The molecule has 0 saturated heterocycles. The van der Waals surface area contributed by atoms with Crippen molar-refractivity contribution in [3.8, 4) is 5.75 Å². The number of carbonyl (C=O) groups excluding carboxylic acids is 1. The van der Waals surface area contributed by atoms with Gasteiger partial charge < -0.3 is 19.2 Å². The fourth-order valence-corrected chi connectivity index (χ4v) is 2.42. The van der Waals surface area contributed by atoms with Crippen LogP contribution in [0.4, 0.5) is 0 Å². The van der Waals surface area contributed by atoms with Crippen LogP contribution in [0.2, 0.25) is 0 Å².